The fourth-order valence-electron chi connectivity index (χ4n) is 2.93. The third-order valence-corrected chi connectivity index (χ3v) is 4.87. The normalized spacial score (nSPS) is 14.2. The van der Waals surface area contributed by atoms with E-state index in [9.17, 15) is 9.59 Å². The van der Waals surface area contributed by atoms with Gasteiger partial charge in [-0.1, -0.05) is 18.2 Å². The van der Waals surface area contributed by atoms with Crippen molar-refractivity contribution >= 4 is 46.0 Å². The summed E-state index contributed by atoms with van der Waals surface area (Å²) in [7, 11) is 3.93. The van der Waals surface area contributed by atoms with Gasteiger partial charge in [0.2, 0.25) is 0 Å². The number of aromatic nitrogens is 2. The maximum atomic E-state index is 12.3. The number of hydrogen-bond acceptors (Lipinski definition) is 7. The van der Waals surface area contributed by atoms with Crippen molar-refractivity contribution < 1.29 is 14.3 Å². The second kappa shape index (κ2) is 6.34. The first kappa shape index (κ1) is 16.4. The molecule has 0 amide bonds. The second-order valence-corrected chi connectivity index (χ2v) is 6.76. The number of esters is 2. The van der Waals surface area contributed by atoms with Crippen LogP contribution in [0.5, 0.6) is 0 Å². The fourth-order valence-corrected chi connectivity index (χ4v) is 3.45. The van der Waals surface area contributed by atoms with Crippen LogP contribution in [0.2, 0.25) is 0 Å². The molecule has 0 saturated carbocycles. The highest BCUT2D eigenvalue weighted by atomic mass is 32.1. The van der Waals surface area contributed by atoms with Gasteiger partial charge in [0.15, 0.2) is 0 Å². The second-order valence-electron chi connectivity index (χ2n) is 6.24. The molecule has 0 fully saturated rings. The Morgan fingerprint density at radius 1 is 0.962 bits per heavy atom. The molecule has 26 heavy (non-hydrogen) atoms. The van der Waals surface area contributed by atoms with Gasteiger partial charge in [0.25, 0.3) is 0 Å². The molecule has 1 aliphatic rings. The van der Waals surface area contributed by atoms with Crippen LogP contribution < -0.4 is 4.90 Å². The lowest BCUT2D eigenvalue weighted by Gasteiger charge is -2.12. The van der Waals surface area contributed by atoms with E-state index in [4.69, 9.17) is 4.74 Å². The van der Waals surface area contributed by atoms with E-state index in [2.05, 4.69) is 8.75 Å². The first-order valence-corrected chi connectivity index (χ1v) is 8.74. The van der Waals surface area contributed by atoms with E-state index in [-0.39, 0.29) is 0 Å². The van der Waals surface area contributed by atoms with E-state index < -0.39 is 11.9 Å². The molecule has 0 saturated heterocycles. The first-order valence-electron chi connectivity index (χ1n) is 8.01. The number of anilines is 1. The number of cyclic esters (lactones) is 2. The van der Waals surface area contributed by atoms with Crippen LogP contribution in [0.3, 0.4) is 0 Å². The SMILES string of the molecule is CN(C)c1ccc(CC2=C(c3ccc4nsnc4c3)C(=O)OC2=O)cc1. The molecular weight excluding hydrogens is 350 g/mol. The third kappa shape index (κ3) is 2.86. The molecule has 4 rings (SSSR count). The molecule has 2 heterocycles. The van der Waals surface area contributed by atoms with Gasteiger partial charge in [-0.05, 0) is 35.4 Å². The van der Waals surface area contributed by atoms with Gasteiger partial charge < -0.3 is 9.64 Å². The van der Waals surface area contributed by atoms with Gasteiger partial charge in [-0.2, -0.15) is 8.75 Å². The minimum absolute atomic E-state index is 0.307. The van der Waals surface area contributed by atoms with Crippen molar-refractivity contribution in [2.24, 2.45) is 0 Å². The van der Waals surface area contributed by atoms with Crippen molar-refractivity contribution in [2.75, 3.05) is 19.0 Å². The average Bonchev–Trinajstić information content (AvgIpc) is 3.19. The summed E-state index contributed by atoms with van der Waals surface area (Å²) in [6.07, 6.45) is 0.334. The Kier molecular flexibility index (Phi) is 4.00. The van der Waals surface area contributed by atoms with Crippen molar-refractivity contribution in [1.29, 1.82) is 0 Å². The molecule has 2 aromatic carbocycles. The first-order chi connectivity index (χ1) is 12.5. The average molecular weight is 365 g/mol. The number of ether oxygens (including phenoxy) is 1. The van der Waals surface area contributed by atoms with Gasteiger partial charge in [-0.15, -0.1) is 0 Å². The number of fused-ring (bicyclic) bond motifs is 1. The van der Waals surface area contributed by atoms with E-state index in [1.807, 2.05) is 43.3 Å². The summed E-state index contributed by atoms with van der Waals surface area (Å²) in [5.41, 5.74) is 4.76. The maximum Gasteiger partial charge on any atom is 0.347 e. The highest BCUT2D eigenvalue weighted by molar-refractivity contribution is 7.00. The molecule has 6 nitrogen and oxygen atoms in total. The Bertz CT molecular complexity index is 1050. The molecule has 0 bridgehead atoms. The van der Waals surface area contributed by atoms with Crippen LogP contribution in [0, 0.1) is 0 Å². The van der Waals surface area contributed by atoms with E-state index in [1.54, 1.807) is 18.2 Å². The van der Waals surface area contributed by atoms with Crippen molar-refractivity contribution in [3.8, 4) is 0 Å². The Balaban J connectivity index is 1.74. The molecule has 0 aliphatic carbocycles. The summed E-state index contributed by atoms with van der Waals surface area (Å²) in [5, 5.41) is 0. The molecule has 0 N–H and O–H groups in total. The molecule has 7 heteroatoms. The predicted molar refractivity (Wildman–Crippen MR) is 99.9 cm³/mol. The Morgan fingerprint density at radius 2 is 1.69 bits per heavy atom. The van der Waals surface area contributed by atoms with Gasteiger partial charge in [0, 0.05) is 26.2 Å². The standard InChI is InChI=1S/C19H15N3O3S/c1-22(2)13-6-3-11(4-7-13)9-14-17(19(24)25-18(14)23)12-5-8-15-16(10-12)21-26-20-15/h3-8,10H,9H2,1-2H3. The number of nitrogens with zero attached hydrogens (tertiary/aromatic N) is 3. The summed E-state index contributed by atoms with van der Waals surface area (Å²) in [6.45, 7) is 0. The number of hydrogen-bond donors (Lipinski definition) is 0. The monoisotopic (exact) mass is 365 g/mol. The van der Waals surface area contributed by atoms with Crippen molar-refractivity contribution in [1.82, 2.24) is 8.75 Å². The number of rotatable bonds is 4. The number of carbonyl (C=O) groups is 2. The smallest absolute Gasteiger partial charge is 0.347 e. The number of benzene rings is 2. The molecule has 0 spiro atoms. The lowest BCUT2D eigenvalue weighted by Crippen LogP contribution is -2.08. The van der Waals surface area contributed by atoms with Crippen molar-refractivity contribution in [3.63, 3.8) is 0 Å². The molecular formula is C19H15N3O3S. The van der Waals surface area contributed by atoms with Gasteiger partial charge in [-0.3, -0.25) is 0 Å². The highest BCUT2D eigenvalue weighted by Crippen LogP contribution is 2.31. The topological polar surface area (TPSA) is 72.4 Å². The predicted octanol–water partition coefficient (Wildman–Crippen LogP) is 2.84. The zero-order valence-corrected chi connectivity index (χ0v) is 15.0. The molecule has 3 aromatic rings. The van der Waals surface area contributed by atoms with Crippen LogP contribution in [0.4, 0.5) is 5.69 Å². The van der Waals surface area contributed by atoms with Crippen LogP contribution in [0.25, 0.3) is 16.6 Å². The summed E-state index contributed by atoms with van der Waals surface area (Å²) >= 11 is 1.11. The molecule has 1 aliphatic heterocycles. The van der Waals surface area contributed by atoms with Crippen LogP contribution in [-0.2, 0) is 20.7 Å². The van der Waals surface area contributed by atoms with Gasteiger partial charge in [0.05, 0.1) is 22.9 Å². The van der Waals surface area contributed by atoms with Crippen LogP contribution in [0.1, 0.15) is 11.1 Å². The molecule has 0 radical (unpaired) electrons. The Hall–Kier alpha value is -3.06. The van der Waals surface area contributed by atoms with Gasteiger partial charge in [0.1, 0.15) is 11.0 Å². The maximum absolute atomic E-state index is 12.3. The Morgan fingerprint density at radius 3 is 2.42 bits per heavy atom. The molecule has 1 aromatic heterocycles. The zero-order valence-electron chi connectivity index (χ0n) is 14.2. The highest BCUT2D eigenvalue weighted by Gasteiger charge is 2.34. The van der Waals surface area contributed by atoms with E-state index in [1.165, 1.54) is 0 Å². The minimum atomic E-state index is -0.613. The quantitative estimate of drug-likeness (QED) is 0.523. The van der Waals surface area contributed by atoms with Gasteiger partial charge in [-0.25, -0.2) is 9.59 Å². The Labute approximate surface area is 154 Å². The number of carbonyl (C=O) groups excluding carboxylic acids is 2. The van der Waals surface area contributed by atoms with E-state index in [0.717, 1.165) is 28.5 Å². The minimum Gasteiger partial charge on any atom is -0.386 e. The molecule has 130 valence electrons. The fraction of sp³-hybridized carbons (Fsp3) is 0.158. The third-order valence-electron chi connectivity index (χ3n) is 4.31. The van der Waals surface area contributed by atoms with E-state index >= 15 is 0 Å². The summed E-state index contributed by atoms with van der Waals surface area (Å²) in [4.78, 5) is 26.5. The van der Waals surface area contributed by atoms with E-state index in [0.29, 0.717) is 28.6 Å². The van der Waals surface area contributed by atoms with Gasteiger partial charge >= 0.3 is 11.9 Å². The van der Waals surface area contributed by atoms with Crippen molar-refractivity contribution in [2.45, 2.75) is 6.42 Å². The molecule has 0 atom stereocenters. The van der Waals surface area contributed by atoms with Crippen LogP contribution >= 0.6 is 11.7 Å². The summed E-state index contributed by atoms with van der Waals surface area (Å²) < 4.78 is 13.2. The largest absolute Gasteiger partial charge is 0.386 e. The summed E-state index contributed by atoms with van der Waals surface area (Å²) in [5.74, 6) is -1.20. The van der Waals surface area contributed by atoms with Crippen LogP contribution in [0.15, 0.2) is 48.0 Å². The van der Waals surface area contributed by atoms with Crippen LogP contribution in [-0.4, -0.2) is 34.8 Å². The zero-order chi connectivity index (χ0) is 18.3. The van der Waals surface area contributed by atoms with Crippen molar-refractivity contribution in [3.05, 3.63) is 59.2 Å². The lowest BCUT2D eigenvalue weighted by molar-refractivity contribution is -0.150. The lowest BCUT2D eigenvalue weighted by atomic mass is 9.96. The molecule has 0 unspecified atom stereocenters. The summed E-state index contributed by atoms with van der Waals surface area (Å²) in [6, 6.07) is 13.2.